The molecule has 1 heterocycles. The molecule has 1 N–H and O–H groups in total. The Labute approximate surface area is 125 Å². The van der Waals surface area contributed by atoms with Crippen molar-refractivity contribution >= 4 is 17.6 Å². The summed E-state index contributed by atoms with van der Waals surface area (Å²) in [5.41, 5.74) is 2.38. The molecule has 1 aliphatic rings. The average molecular weight is 290 g/mol. The van der Waals surface area contributed by atoms with E-state index in [4.69, 9.17) is 0 Å². The third-order valence-corrected chi connectivity index (χ3v) is 5.76. The summed E-state index contributed by atoms with van der Waals surface area (Å²) in [5, 5.41) is 21.0. The monoisotopic (exact) mass is 290 g/mol. The maximum Gasteiger partial charge on any atom is 0.166 e. The van der Waals surface area contributed by atoms with Gasteiger partial charge in [0.15, 0.2) is 5.82 Å². The molecule has 0 aromatic carbocycles. The molecule has 108 valence electrons. The zero-order chi connectivity index (χ0) is 14.6. The average Bonchev–Trinajstić information content (AvgIpc) is 2.49. The number of rotatable bonds is 4. The molecular weight excluding hydrogens is 268 g/mol. The zero-order valence-electron chi connectivity index (χ0n) is 12.5. The summed E-state index contributed by atoms with van der Waals surface area (Å²) in [7, 11) is 0. The Morgan fingerprint density at radius 1 is 1.25 bits per heavy atom. The Hall–Kier alpha value is -1.28. The van der Waals surface area contributed by atoms with Crippen molar-refractivity contribution in [2.24, 2.45) is 0 Å². The Morgan fingerprint density at radius 2 is 1.95 bits per heavy atom. The van der Waals surface area contributed by atoms with Crippen LogP contribution in [0.5, 0.6) is 0 Å². The van der Waals surface area contributed by atoms with Crippen molar-refractivity contribution in [3.05, 3.63) is 16.8 Å². The fourth-order valence-corrected chi connectivity index (χ4v) is 3.68. The molecule has 4 nitrogen and oxygen atoms in total. The van der Waals surface area contributed by atoms with Gasteiger partial charge in [0.25, 0.3) is 0 Å². The second-order valence-electron chi connectivity index (χ2n) is 5.55. The molecule has 5 heteroatoms. The maximum absolute atomic E-state index is 9.32. The van der Waals surface area contributed by atoms with Gasteiger partial charge in [-0.05, 0) is 38.5 Å². The van der Waals surface area contributed by atoms with Crippen LogP contribution in [0.15, 0.2) is 0 Å². The van der Waals surface area contributed by atoms with Crippen molar-refractivity contribution in [2.75, 3.05) is 18.1 Å². The maximum atomic E-state index is 9.32. The van der Waals surface area contributed by atoms with Gasteiger partial charge in [0.05, 0.1) is 5.69 Å². The lowest BCUT2D eigenvalue weighted by Crippen LogP contribution is -2.36. The summed E-state index contributed by atoms with van der Waals surface area (Å²) in [6, 6.07) is 2.25. The minimum atomic E-state index is 0.283. The van der Waals surface area contributed by atoms with E-state index in [0.29, 0.717) is 11.4 Å². The standard InChI is InChI=1S/C15H22N4S/c1-11-12(2)18-19-14(13(11)9-16)17-10-15(20-3)7-5-4-6-8-15/h4-8,10H2,1-3H3,(H,17,19). The quantitative estimate of drug-likeness (QED) is 0.920. The predicted molar refractivity (Wildman–Crippen MR) is 84.0 cm³/mol. The molecule has 2 rings (SSSR count). The van der Waals surface area contributed by atoms with Crippen LogP contribution in [0.3, 0.4) is 0 Å². The molecule has 20 heavy (non-hydrogen) atoms. The SMILES string of the molecule is CSC1(CNc2nnc(C)c(C)c2C#N)CCCCC1. The number of aromatic nitrogens is 2. The number of nitrogens with one attached hydrogen (secondary N) is 1. The third-order valence-electron chi connectivity index (χ3n) is 4.34. The number of nitrogens with zero attached hydrogens (tertiary/aromatic N) is 3. The van der Waals surface area contributed by atoms with Crippen LogP contribution in [-0.4, -0.2) is 27.7 Å². The molecule has 0 radical (unpaired) electrons. The van der Waals surface area contributed by atoms with Crippen LogP contribution in [0, 0.1) is 25.2 Å². The van der Waals surface area contributed by atoms with Gasteiger partial charge in [-0.3, -0.25) is 0 Å². The second kappa shape index (κ2) is 6.45. The van der Waals surface area contributed by atoms with E-state index in [0.717, 1.165) is 17.8 Å². The highest BCUT2D eigenvalue weighted by Crippen LogP contribution is 2.38. The summed E-state index contributed by atoms with van der Waals surface area (Å²) >= 11 is 1.94. The first kappa shape index (κ1) is 15.1. The molecule has 1 fully saturated rings. The van der Waals surface area contributed by atoms with Crippen LogP contribution in [0.4, 0.5) is 5.82 Å². The van der Waals surface area contributed by atoms with Crippen LogP contribution in [0.25, 0.3) is 0 Å². The molecule has 0 atom stereocenters. The first-order valence-corrected chi connectivity index (χ1v) is 8.37. The van der Waals surface area contributed by atoms with E-state index < -0.39 is 0 Å². The van der Waals surface area contributed by atoms with Crippen LogP contribution in [-0.2, 0) is 0 Å². The van der Waals surface area contributed by atoms with Gasteiger partial charge in [0.1, 0.15) is 11.6 Å². The van der Waals surface area contributed by atoms with E-state index in [9.17, 15) is 5.26 Å². The van der Waals surface area contributed by atoms with Gasteiger partial charge in [-0.1, -0.05) is 19.3 Å². The molecule has 0 aliphatic heterocycles. The summed E-state index contributed by atoms with van der Waals surface area (Å²) in [4.78, 5) is 0. The largest absolute Gasteiger partial charge is 0.366 e. The molecule has 1 saturated carbocycles. The van der Waals surface area contributed by atoms with Crippen LogP contribution < -0.4 is 5.32 Å². The van der Waals surface area contributed by atoms with E-state index in [1.807, 2.05) is 25.6 Å². The number of anilines is 1. The van der Waals surface area contributed by atoms with Crippen molar-refractivity contribution in [1.29, 1.82) is 5.26 Å². The van der Waals surface area contributed by atoms with Crippen molar-refractivity contribution in [3.63, 3.8) is 0 Å². The molecule has 0 spiro atoms. The van der Waals surface area contributed by atoms with Gasteiger partial charge in [-0.25, -0.2) is 0 Å². The number of thioether (sulfide) groups is 1. The number of hydrogen-bond acceptors (Lipinski definition) is 5. The van der Waals surface area contributed by atoms with E-state index in [1.165, 1.54) is 32.1 Å². The van der Waals surface area contributed by atoms with Gasteiger partial charge in [-0.15, -0.1) is 5.10 Å². The highest BCUT2D eigenvalue weighted by molar-refractivity contribution is 8.00. The minimum absolute atomic E-state index is 0.283. The van der Waals surface area contributed by atoms with Gasteiger partial charge in [-0.2, -0.15) is 22.1 Å². The third kappa shape index (κ3) is 3.06. The topological polar surface area (TPSA) is 61.6 Å². The Kier molecular flexibility index (Phi) is 4.87. The molecule has 0 amide bonds. The molecule has 1 aromatic heterocycles. The van der Waals surface area contributed by atoms with Crippen molar-refractivity contribution in [3.8, 4) is 6.07 Å². The van der Waals surface area contributed by atoms with Crippen molar-refractivity contribution in [1.82, 2.24) is 10.2 Å². The molecule has 1 aromatic rings. The summed E-state index contributed by atoms with van der Waals surface area (Å²) in [5.74, 6) is 0.634. The number of aryl methyl sites for hydroxylation is 1. The molecule has 0 unspecified atom stereocenters. The van der Waals surface area contributed by atoms with E-state index >= 15 is 0 Å². The molecule has 0 bridgehead atoms. The van der Waals surface area contributed by atoms with Crippen molar-refractivity contribution in [2.45, 2.75) is 50.7 Å². The molecule has 1 aliphatic carbocycles. The minimum Gasteiger partial charge on any atom is -0.366 e. The van der Waals surface area contributed by atoms with Gasteiger partial charge >= 0.3 is 0 Å². The van der Waals surface area contributed by atoms with Gasteiger partial charge in [0.2, 0.25) is 0 Å². The Morgan fingerprint density at radius 3 is 2.55 bits per heavy atom. The van der Waals surface area contributed by atoms with E-state index in [-0.39, 0.29) is 4.75 Å². The number of nitriles is 1. The lowest BCUT2D eigenvalue weighted by Gasteiger charge is -2.36. The predicted octanol–water partition coefficient (Wildman–Crippen LogP) is 3.44. The zero-order valence-corrected chi connectivity index (χ0v) is 13.3. The van der Waals surface area contributed by atoms with E-state index in [1.54, 1.807) is 0 Å². The first-order valence-electron chi connectivity index (χ1n) is 7.15. The molecule has 0 saturated heterocycles. The summed E-state index contributed by atoms with van der Waals surface area (Å²) < 4.78 is 0.283. The first-order chi connectivity index (χ1) is 9.62. The summed E-state index contributed by atoms with van der Waals surface area (Å²) in [6.07, 6.45) is 8.60. The fraction of sp³-hybridized carbons (Fsp3) is 0.667. The summed E-state index contributed by atoms with van der Waals surface area (Å²) in [6.45, 7) is 4.68. The van der Waals surface area contributed by atoms with Crippen LogP contribution in [0.2, 0.25) is 0 Å². The van der Waals surface area contributed by atoms with Crippen molar-refractivity contribution < 1.29 is 0 Å². The molecular formula is C15H22N4S. The lowest BCUT2D eigenvalue weighted by atomic mass is 9.88. The van der Waals surface area contributed by atoms with Crippen LogP contribution >= 0.6 is 11.8 Å². The smallest absolute Gasteiger partial charge is 0.166 e. The van der Waals surface area contributed by atoms with E-state index in [2.05, 4.69) is 27.8 Å². The van der Waals surface area contributed by atoms with Crippen LogP contribution in [0.1, 0.15) is 48.9 Å². The van der Waals surface area contributed by atoms with Gasteiger partial charge < -0.3 is 5.32 Å². The highest BCUT2D eigenvalue weighted by atomic mass is 32.2. The lowest BCUT2D eigenvalue weighted by molar-refractivity contribution is 0.411. The number of hydrogen-bond donors (Lipinski definition) is 1. The Balaban J connectivity index is 2.14. The Bertz CT molecular complexity index is 515. The van der Waals surface area contributed by atoms with Gasteiger partial charge in [0, 0.05) is 11.3 Å². The normalized spacial score (nSPS) is 17.5. The fourth-order valence-electron chi connectivity index (χ4n) is 2.76. The second-order valence-corrected chi connectivity index (χ2v) is 6.82. The highest BCUT2D eigenvalue weighted by Gasteiger charge is 2.31.